The number of methoxy groups -OCH3 is 1. The Labute approximate surface area is 169 Å². The number of piperidine rings is 1. The first-order valence-corrected chi connectivity index (χ1v) is 10.8. The van der Waals surface area contributed by atoms with E-state index < -0.39 is 22.6 Å². The van der Waals surface area contributed by atoms with Crippen molar-refractivity contribution in [2.24, 2.45) is 0 Å². The Morgan fingerprint density at radius 3 is 2.69 bits per heavy atom. The zero-order valence-electron chi connectivity index (χ0n) is 16.4. The highest BCUT2D eigenvalue weighted by Crippen LogP contribution is 2.31. The Hall–Kier alpha value is -2.65. The van der Waals surface area contributed by atoms with Gasteiger partial charge in [0.25, 0.3) is 0 Å². The van der Waals surface area contributed by atoms with Crippen LogP contribution in [-0.4, -0.2) is 55.8 Å². The number of hydrogen-bond donors (Lipinski definition) is 1. The van der Waals surface area contributed by atoms with E-state index in [1.54, 1.807) is 18.3 Å². The number of rotatable bonds is 7. The monoisotopic (exact) mass is 420 g/mol. The number of benzene rings is 1. The molecule has 0 amide bonds. The number of H-pyrrole nitrogens is 1. The zero-order chi connectivity index (χ0) is 21.0. The average Bonchev–Trinajstić information content (AvgIpc) is 3.26. The topological polar surface area (TPSA) is 106 Å². The van der Waals surface area contributed by atoms with Gasteiger partial charge in [0, 0.05) is 18.8 Å². The van der Waals surface area contributed by atoms with Crippen LogP contribution in [0.4, 0.5) is 0 Å². The van der Waals surface area contributed by atoms with E-state index in [2.05, 4.69) is 4.98 Å². The fraction of sp³-hybridized carbons (Fsp3) is 0.400. The first-order chi connectivity index (χ1) is 13.8. The van der Waals surface area contributed by atoms with Gasteiger partial charge < -0.3 is 14.5 Å². The molecule has 0 unspecified atom stereocenters. The maximum atomic E-state index is 13.2. The molecule has 0 spiro atoms. The maximum absolute atomic E-state index is 13.2. The molecule has 1 aromatic heterocycles. The SMILES string of the molecule is COc1ccc(C(=O)OCC(=O)c2ccc[nH]2)cc1S(=O)(=O)N1CCCC[C@@H]1C. The molecule has 1 atom stereocenters. The van der Waals surface area contributed by atoms with Gasteiger partial charge in [0.2, 0.25) is 15.8 Å². The summed E-state index contributed by atoms with van der Waals surface area (Å²) in [5.74, 6) is -1.01. The van der Waals surface area contributed by atoms with Crippen LogP contribution in [0, 0.1) is 0 Å². The number of nitrogens with one attached hydrogen (secondary N) is 1. The first-order valence-electron chi connectivity index (χ1n) is 9.38. The molecule has 0 bridgehead atoms. The molecule has 1 saturated heterocycles. The molecule has 0 aliphatic carbocycles. The Morgan fingerprint density at radius 1 is 1.24 bits per heavy atom. The van der Waals surface area contributed by atoms with Gasteiger partial charge in [0.1, 0.15) is 10.6 Å². The molecule has 1 aromatic carbocycles. The van der Waals surface area contributed by atoms with Gasteiger partial charge in [-0.05, 0) is 50.1 Å². The summed E-state index contributed by atoms with van der Waals surface area (Å²) in [6, 6.07) is 7.19. The van der Waals surface area contributed by atoms with Crippen LogP contribution >= 0.6 is 0 Å². The highest BCUT2D eigenvalue weighted by Gasteiger charge is 2.33. The van der Waals surface area contributed by atoms with Crippen LogP contribution in [0.15, 0.2) is 41.4 Å². The van der Waals surface area contributed by atoms with Crippen LogP contribution in [0.5, 0.6) is 5.75 Å². The number of nitrogens with zero attached hydrogens (tertiary/aromatic N) is 1. The summed E-state index contributed by atoms with van der Waals surface area (Å²) in [6.07, 6.45) is 4.14. The van der Waals surface area contributed by atoms with Gasteiger partial charge in [-0.3, -0.25) is 4.79 Å². The van der Waals surface area contributed by atoms with Crippen molar-refractivity contribution in [3.05, 3.63) is 47.8 Å². The number of esters is 1. The van der Waals surface area contributed by atoms with Crippen LogP contribution in [0.3, 0.4) is 0 Å². The molecule has 1 fully saturated rings. The normalized spacial score (nSPS) is 17.7. The number of ketones is 1. The second-order valence-electron chi connectivity index (χ2n) is 6.91. The van der Waals surface area contributed by atoms with E-state index in [-0.39, 0.29) is 28.0 Å². The standard InChI is InChI=1S/C20H24N2O6S/c1-14-6-3-4-11-22(14)29(25,26)19-12-15(8-9-18(19)27-2)20(24)28-13-17(23)16-7-5-10-21-16/h5,7-10,12,14,21H,3-4,6,11,13H2,1-2H3/t14-/m0/s1. The molecular weight excluding hydrogens is 396 g/mol. The predicted molar refractivity (Wildman–Crippen MR) is 106 cm³/mol. The molecule has 1 aliphatic rings. The Kier molecular flexibility index (Phi) is 6.39. The number of aromatic amines is 1. The van der Waals surface area contributed by atoms with Crippen molar-refractivity contribution < 1.29 is 27.5 Å². The molecule has 29 heavy (non-hydrogen) atoms. The van der Waals surface area contributed by atoms with Crippen molar-refractivity contribution in [3.63, 3.8) is 0 Å². The second kappa shape index (κ2) is 8.79. The number of sulfonamides is 1. The van der Waals surface area contributed by atoms with Crippen LogP contribution in [-0.2, 0) is 14.8 Å². The van der Waals surface area contributed by atoms with Gasteiger partial charge in [-0.2, -0.15) is 4.31 Å². The van der Waals surface area contributed by atoms with Gasteiger partial charge in [-0.1, -0.05) is 6.42 Å². The largest absolute Gasteiger partial charge is 0.495 e. The van der Waals surface area contributed by atoms with Crippen molar-refractivity contribution in [3.8, 4) is 5.75 Å². The van der Waals surface area contributed by atoms with Crippen molar-refractivity contribution >= 4 is 21.8 Å². The van der Waals surface area contributed by atoms with Crippen molar-refractivity contribution in [2.75, 3.05) is 20.3 Å². The van der Waals surface area contributed by atoms with E-state index in [1.807, 2.05) is 6.92 Å². The highest BCUT2D eigenvalue weighted by molar-refractivity contribution is 7.89. The third-order valence-corrected chi connectivity index (χ3v) is 7.00. The van der Waals surface area contributed by atoms with E-state index in [1.165, 1.54) is 29.6 Å². The third kappa shape index (κ3) is 4.51. The summed E-state index contributed by atoms with van der Waals surface area (Å²) in [5.41, 5.74) is 0.364. The number of Topliss-reactive ketones (excluding diaryl/α,β-unsaturated/α-hetero) is 1. The number of hydrogen-bond acceptors (Lipinski definition) is 6. The number of aromatic nitrogens is 1. The summed E-state index contributed by atoms with van der Waals surface area (Å²) in [4.78, 5) is 27.0. The van der Waals surface area contributed by atoms with E-state index in [4.69, 9.17) is 9.47 Å². The van der Waals surface area contributed by atoms with Crippen molar-refractivity contribution in [1.82, 2.24) is 9.29 Å². The average molecular weight is 420 g/mol. The van der Waals surface area contributed by atoms with Crippen LogP contribution in [0.25, 0.3) is 0 Å². The lowest BCUT2D eigenvalue weighted by molar-refractivity contribution is 0.0473. The lowest BCUT2D eigenvalue weighted by Crippen LogP contribution is -2.42. The van der Waals surface area contributed by atoms with E-state index in [9.17, 15) is 18.0 Å². The minimum Gasteiger partial charge on any atom is -0.495 e. The Morgan fingerprint density at radius 2 is 2.03 bits per heavy atom. The van der Waals surface area contributed by atoms with E-state index >= 15 is 0 Å². The van der Waals surface area contributed by atoms with Crippen LogP contribution < -0.4 is 4.74 Å². The summed E-state index contributed by atoms with van der Waals surface area (Å²) in [5, 5.41) is 0. The number of ether oxygens (including phenoxy) is 2. The van der Waals surface area contributed by atoms with Crippen molar-refractivity contribution in [2.45, 2.75) is 37.1 Å². The quantitative estimate of drug-likeness (QED) is 0.545. The lowest BCUT2D eigenvalue weighted by atomic mass is 10.1. The molecule has 3 rings (SSSR count). The fourth-order valence-electron chi connectivity index (χ4n) is 3.36. The Bertz CT molecular complexity index is 984. The fourth-order valence-corrected chi connectivity index (χ4v) is 5.24. The minimum absolute atomic E-state index is 0.0355. The second-order valence-corrected chi connectivity index (χ2v) is 8.77. The molecule has 0 saturated carbocycles. The summed E-state index contributed by atoms with van der Waals surface area (Å²) < 4.78 is 38.1. The molecule has 2 aromatic rings. The Balaban J connectivity index is 1.82. The summed E-state index contributed by atoms with van der Waals surface area (Å²) in [7, 11) is -2.47. The molecule has 1 aliphatic heterocycles. The third-order valence-electron chi connectivity index (χ3n) is 4.96. The lowest BCUT2D eigenvalue weighted by Gasteiger charge is -2.32. The van der Waals surface area contributed by atoms with Gasteiger partial charge in [0.15, 0.2) is 6.61 Å². The minimum atomic E-state index is -3.85. The smallest absolute Gasteiger partial charge is 0.338 e. The molecule has 1 N–H and O–H groups in total. The van der Waals surface area contributed by atoms with Gasteiger partial charge in [-0.15, -0.1) is 0 Å². The predicted octanol–water partition coefficient (Wildman–Crippen LogP) is 2.63. The van der Waals surface area contributed by atoms with Gasteiger partial charge in [-0.25, -0.2) is 13.2 Å². The summed E-state index contributed by atoms with van der Waals surface area (Å²) >= 11 is 0. The van der Waals surface area contributed by atoms with Crippen LogP contribution in [0.2, 0.25) is 0 Å². The molecule has 9 heteroatoms. The zero-order valence-corrected chi connectivity index (χ0v) is 17.2. The molecule has 0 radical (unpaired) electrons. The van der Waals surface area contributed by atoms with E-state index in [0.717, 1.165) is 19.3 Å². The van der Waals surface area contributed by atoms with Crippen LogP contribution in [0.1, 0.15) is 47.0 Å². The van der Waals surface area contributed by atoms with Crippen molar-refractivity contribution in [1.29, 1.82) is 0 Å². The van der Waals surface area contributed by atoms with Gasteiger partial charge >= 0.3 is 5.97 Å². The number of carbonyl (C=O) groups is 2. The molecule has 2 heterocycles. The maximum Gasteiger partial charge on any atom is 0.338 e. The molecule has 156 valence electrons. The van der Waals surface area contributed by atoms with Gasteiger partial charge in [0.05, 0.1) is 18.4 Å². The first kappa shape index (κ1) is 21.1. The summed E-state index contributed by atoms with van der Waals surface area (Å²) in [6.45, 7) is 1.84. The molecular formula is C20H24N2O6S. The van der Waals surface area contributed by atoms with E-state index in [0.29, 0.717) is 12.2 Å². The number of carbonyl (C=O) groups excluding carboxylic acids is 2. The molecule has 8 nitrogen and oxygen atoms in total. The highest BCUT2D eigenvalue weighted by atomic mass is 32.2.